The van der Waals surface area contributed by atoms with Crippen LogP contribution in [-0.4, -0.2) is 45.3 Å². The van der Waals surface area contributed by atoms with Crippen molar-refractivity contribution in [2.75, 3.05) is 34.4 Å². The third-order valence-corrected chi connectivity index (χ3v) is 4.52. The molecule has 0 aliphatic heterocycles. The van der Waals surface area contributed by atoms with Crippen LogP contribution in [0.15, 0.2) is 17.5 Å². The Kier molecular flexibility index (Phi) is 9.18. The number of nitrogens with one attached hydrogen (secondary N) is 1. The lowest BCUT2D eigenvalue weighted by Crippen LogP contribution is -2.26. The summed E-state index contributed by atoms with van der Waals surface area (Å²) in [6, 6.07) is 3.71. The summed E-state index contributed by atoms with van der Waals surface area (Å²) in [5.41, 5.74) is 6.84. The summed E-state index contributed by atoms with van der Waals surface area (Å²) in [5.74, 6) is 1.55. The number of methoxy groups -OCH3 is 3. The highest BCUT2D eigenvalue weighted by Crippen LogP contribution is 2.39. The maximum absolute atomic E-state index is 12.2. The van der Waals surface area contributed by atoms with Crippen molar-refractivity contribution in [2.45, 2.75) is 12.8 Å². The van der Waals surface area contributed by atoms with Gasteiger partial charge < -0.3 is 25.3 Å². The fourth-order valence-corrected chi connectivity index (χ4v) is 3.21. The molecule has 0 aliphatic carbocycles. The Labute approximate surface area is 163 Å². The van der Waals surface area contributed by atoms with E-state index in [0.29, 0.717) is 48.9 Å². The number of hydrogen-bond acceptors (Lipinski definition) is 7. The van der Waals surface area contributed by atoms with Crippen molar-refractivity contribution in [3.8, 4) is 17.2 Å². The van der Waals surface area contributed by atoms with E-state index in [1.54, 1.807) is 26.7 Å². The molecule has 0 saturated heterocycles. The molecule has 0 fully saturated rings. The Morgan fingerprint density at radius 3 is 2.50 bits per heavy atom. The lowest BCUT2D eigenvalue weighted by atomic mass is 10.1. The van der Waals surface area contributed by atoms with Crippen LogP contribution in [0.4, 0.5) is 0 Å². The van der Waals surface area contributed by atoms with Crippen molar-refractivity contribution < 1.29 is 19.0 Å². The molecule has 0 bridgehead atoms. The number of nitrogens with zero attached hydrogens (tertiary/aromatic N) is 1. The molecule has 1 amide bonds. The van der Waals surface area contributed by atoms with Gasteiger partial charge >= 0.3 is 0 Å². The molecule has 9 heteroatoms. The maximum Gasteiger partial charge on any atom is 0.270 e. The van der Waals surface area contributed by atoms with Gasteiger partial charge in [-0.1, -0.05) is 6.07 Å². The van der Waals surface area contributed by atoms with E-state index < -0.39 is 0 Å². The Balaban J connectivity index is 0.00000338. The third-order valence-electron chi connectivity index (χ3n) is 3.61. The molecule has 0 radical (unpaired) electrons. The van der Waals surface area contributed by atoms with E-state index in [9.17, 15) is 4.79 Å². The summed E-state index contributed by atoms with van der Waals surface area (Å²) in [5, 5.41) is 5.48. The van der Waals surface area contributed by atoms with Gasteiger partial charge in [0.15, 0.2) is 11.5 Å². The fraction of sp³-hybridized carbons (Fsp3) is 0.412. The molecular formula is C17H24ClN3O4S. The molecule has 26 heavy (non-hydrogen) atoms. The highest BCUT2D eigenvalue weighted by atomic mass is 35.5. The standard InChI is InChI=1S/C17H23N3O4S.ClH/c1-22-13-5-4-11(15(23-2)16(13)24-3)7-9-19-17(21)12-10-25-14(20-12)6-8-18;/h4-5,10H,6-9,18H2,1-3H3,(H,19,21);1H. The monoisotopic (exact) mass is 401 g/mol. The van der Waals surface area contributed by atoms with Crippen molar-refractivity contribution >= 4 is 29.7 Å². The normalized spacial score (nSPS) is 10.0. The quantitative estimate of drug-likeness (QED) is 0.667. The first-order chi connectivity index (χ1) is 12.1. The molecule has 0 unspecified atom stereocenters. The molecule has 3 N–H and O–H groups in total. The summed E-state index contributed by atoms with van der Waals surface area (Å²) < 4.78 is 16.1. The van der Waals surface area contributed by atoms with Gasteiger partial charge in [0.2, 0.25) is 5.75 Å². The number of nitrogens with two attached hydrogens (primary N) is 1. The van der Waals surface area contributed by atoms with E-state index in [-0.39, 0.29) is 18.3 Å². The zero-order valence-corrected chi connectivity index (χ0v) is 16.7. The van der Waals surface area contributed by atoms with Crippen LogP contribution >= 0.6 is 23.7 Å². The predicted octanol–water partition coefficient (Wildman–Crippen LogP) is 2.06. The number of thiazole rings is 1. The number of rotatable bonds is 9. The first-order valence-electron chi connectivity index (χ1n) is 7.85. The van der Waals surface area contributed by atoms with E-state index >= 15 is 0 Å². The lowest BCUT2D eigenvalue weighted by Gasteiger charge is -2.15. The van der Waals surface area contributed by atoms with Gasteiger partial charge in [0.25, 0.3) is 5.91 Å². The summed E-state index contributed by atoms with van der Waals surface area (Å²) in [4.78, 5) is 16.4. The van der Waals surface area contributed by atoms with Crippen molar-refractivity contribution in [2.24, 2.45) is 5.73 Å². The molecule has 1 aromatic carbocycles. The van der Waals surface area contributed by atoms with Crippen molar-refractivity contribution in [3.05, 3.63) is 33.8 Å². The Morgan fingerprint density at radius 1 is 1.15 bits per heavy atom. The zero-order chi connectivity index (χ0) is 18.2. The first-order valence-corrected chi connectivity index (χ1v) is 8.73. The number of carbonyl (C=O) groups excluding carboxylic acids is 1. The van der Waals surface area contributed by atoms with Gasteiger partial charge in [-0.2, -0.15) is 0 Å². The number of halogens is 1. The molecule has 7 nitrogen and oxygen atoms in total. The highest BCUT2D eigenvalue weighted by molar-refractivity contribution is 7.09. The van der Waals surface area contributed by atoms with Gasteiger partial charge in [0.05, 0.1) is 26.3 Å². The van der Waals surface area contributed by atoms with Gasteiger partial charge in [0, 0.05) is 23.9 Å². The van der Waals surface area contributed by atoms with Gasteiger partial charge in [-0.15, -0.1) is 23.7 Å². The topological polar surface area (TPSA) is 95.7 Å². The van der Waals surface area contributed by atoms with Crippen LogP contribution in [0.5, 0.6) is 17.2 Å². The molecule has 2 aromatic rings. The summed E-state index contributed by atoms with van der Waals surface area (Å²) in [6.07, 6.45) is 1.27. The molecule has 0 spiro atoms. The molecular weight excluding hydrogens is 378 g/mol. The molecule has 2 rings (SSSR count). The van der Waals surface area contributed by atoms with Gasteiger partial charge in [-0.25, -0.2) is 4.98 Å². The highest BCUT2D eigenvalue weighted by Gasteiger charge is 2.16. The van der Waals surface area contributed by atoms with Gasteiger partial charge in [0.1, 0.15) is 5.69 Å². The number of ether oxygens (including phenoxy) is 3. The Hall–Kier alpha value is -2.03. The number of benzene rings is 1. The molecule has 0 aliphatic rings. The zero-order valence-electron chi connectivity index (χ0n) is 15.0. The van der Waals surface area contributed by atoms with Gasteiger partial charge in [-0.05, 0) is 19.0 Å². The van der Waals surface area contributed by atoms with E-state index in [1.807, 2.05) is 12.1 Å². The summed E-state index contributed by atoms with van der Waals surface area (Å²) in [7, 11) is 4.71. The average Bonchev–Trinajstić information content (AvgIpc) is 3.10. The number of amides is 1. The minimum atomic E-state index is -0.195. The minimum absolute atomic E-state index is 0. The molecule has 1 aromatic heterocycles. The van der Waals surface area contributed by atoms with Crippen LogP contribution in [0.25, 0.3) is 0 Å². The fourth-order valence-electron chi connectivity index (χ4n) is 2.41. The van der Waals surface area contributed by atoms with E-state index in [1.165, 1.54) is 11.3 Å². The van der Waals surface area contributed by atoms with Crippen LogP contribution in [-0.2, 0) is 12.8 Å². The molecule has 144 valence electrons. The smallest absolute Gasteiger partial charge is 0.270 e. The predicted molar refractivity (Wildman–Crippen MR) is 104 cm³/mol. The van der Waals surface area contributed by atoms with Crippen molar-refractivity contribution in [3.63, 3.8) is 0 Å². The van der Waals surface area contributed by atoms with Crippen LogP contribution in [0.1, 0.15) is 21.1 Å². The number of carbonyl (C=O) groups is 1. The maximum atomic E-state index is 12.2. The second-order valence-electron chi connectivity index (χ2n) is 5.16. The molecule has 0 saturated carbocycles. The van der Waals surface area contributed by atoms with Gasteiger partial charge in [-0.3, -0.25) is 4.79 Å². The largest absolute Gasteiger partial charge is 0.493 e. The van der Waals surface area contributed by atoms with E-state index in [0.717, 1.165) is 10.6 Å². The van der Waals surface area contributed by atoms with Crippen LogP contribution in [0.2, 0.25) is 0 Å². The van der Waals surface area contributed by atoms with Crippen LogP contribution in [0, 0.1) is 0 Å². The summed E-state index contributed by atoms with van der Waals surface area (Å²) in [6.45, 7) is 0.974. The molecule has 0 atom stereocenters. The Morgan fingerprint density at radius 2 is 1.88 bits per heavy atom. The SMILES string of the molecule is COc1ccc(CCNC(=O)c2csc(CCN)n2)c(OC)c1OC.Cl. The summed E-state index contributed by atoms with van der Waals surface area (Å²) >= 11 is 1.45. The second kappa shape index (κ2) is 10.8. The van der Waals surface area contributed by atoms with E-state index in [2.05, 4.69) is 10.3 Å². The van der Waals surface area contributed by atoms with Crippen molar-refractivity contribution in [1.82, 2.24) is 10.3 Å². The lowest BCUT2D eigenvalue weighted by molar-refractivity contribution is 0.0949. The van der Waals surface area contributed by atoms with E-state index in [4.69, 9.17) is 19.9 Å². The minimum Gasteiger partial charge on any atom is -0.493 e. The Bertz CT molecular complexity index is 724. The third kappa shape index (κ3) is 5.23. The molecule has 1 heterocycles. The second-order valence-corrected chi connectivity index (χ2v) is 6.11. The van der Waals surface area contributed by atoms with Crippen molar-refractivity contribution in [1.29, 1.82) is 0 Å². The number of hydrogen-bond donors (Lipinski definition) is 2. The first kappa shape index (κ1) is 22.0. The average molecular weight is 402 g/mol. The number of aromatic nitrogens is 1. The van der Waals surface area contributed by atoms with Crippen LogP contribution < -0.4 is 25.3 Å². The van der Waals surface area contributed by atoms with Crippen LogP contribution in [0.3, 0.4) is 0 Å².